The van der Waals surface area contributed by atoms with Gasteiger partial charge >= 0.3 is 0 Å². The van der Waals surface area contributed by atoms with Crippen LogP contribution in [0.1, 0.15) is 24.2 Å². The number of sulfone groups is 1. The highest BCUT2D eigenvalue weighted by molar-refractivity contribution is 7.95. The first-order chi connectivity index (χ1) is 10.3. The van der Waals surface area contributed by atoms with Crippen molar-refractivity contribution in [1.29, 1.82) is 0 Å². The van der Waals surface area contributed by atoms with Gasteiger partial charge in [0.2, 0.25) is 4.21 Å². The molecule has 2 aromatic carbocycles. The lowest BCUT2D eigenvalue weighted by Gasteiger charge is -2.20. The zero-order valence-corrected chi connectivity index (χ0v) is 14.0. The number of alkyl halides is 1. The van der Waals surface area contributed by atoms with Crippen molar-refractivity contribution >= 4 is 27.2 Å². The lowest BCUT2D eigenvalue weighted by atomic mass is 10.0. The molecule has 0 amide bonds. The summed E-state index contributed by atoms with van der Waals surface area (Å²) in [5.41, 5.74) is 2.26. The van der Waals surface area contributed by atoms with Gasteiger partial charge in [-0.05, 0) is 18.1 Å². The third-order valence-corrected chi connectivity index (χ3v) is 6.61. The average Bonchev–Trinajstić information content (AvgIpc) is 2.55. The van der Waals surface area contributed by atoms with Gasteiger partial charge in [0.25, 0.3) is 0 Å². The van der Waals surface area contributed by atoms with Crippen molar-refractivity contribution in [2.24, 2.45) is 0 Å². The molecule has 0 saturated heterocycles. The minimum Gasteiger partial charge on any atom is -0.291 e. The minimum atomic E-state index is -3.69. The van der Waals surface area contributed by atoms with Crippen LogP contribution in [0.15, 0.2) is 54.6 Å². The van der Waals surface area contributed by atoms with E-state index in [0.29, 0.717) is 0 Å². The second kappa shape index (κ2) is 6.23. The summed E-state index contributed by atoms with van der Waals surface area (Å²) in [7, 11) is -3.69. The highest BCUT2D eigenvalue weighted by atomic mass is 35.5. The summed E-state index contributed by atoms with van der Waals surface area (Å²) >= 11 is 6.03. The summed E-state index contributed by atoms with van der Waals surface area (Å²) in [4.78, 5) is 12.4. The van der Waals surface area contributed by atoms with E-state index >= 15 is 0 Å². The number of ketones is 1. The van der Waals surface area contributed by atoms with Gasteiger partial charge in [0.1, 0.15) is 0 Å². The van der Waals surface area contributed by atoms with Crippen LogP contribution in [0, 0.1) is 0 Å². The summed E-state index contributed by atoms with van der Waals surface area (Å²) in [6.45, 7) is 2.71. The van der Waals surface area contributed by atoms with Crippen molar-refractivity contribution in [2.75, 3.05) is 5.75 Å². The molecule has 0 aliphatic heterocycles. The Morgan fingerprint density at radius 3 is 2.00 bits per heavy atom. The van der Waals surface area contributed by atoms with Crippen molar-refractivity contribution in [3.63, 3.8) is 0 Å². The number of hydrogen-bond donors (Lipinski definition) is 0. The second-order valence-corrected chi connectivity index (χ2v) is 8.70. The number of hydrogen-bond acceptors (Lipinski definition) is 3. The Kier molecular flexibility index (Phi) is 4.73. The highest BCUT2D eigenvalue weighted by Crippen LogP contribution is 2.29. The Balaban J connectivity index is 2.33. The van der Waals surface area contributed by atoms with Crippen LogP contribution in [-0.4, -0.2) is 24.2 Å². The first kappa shape index (κ1) is 16.7. The van der Waals surface area contributed by atoms with E-state index < -0.39 is 19.8 Å². The molecule has 0 aliphatic carbocycles. The quantitative estimate of drug-likeness (QED) is 0.614. The zero-order valence-electron chi connectivity index (χ0n) is 12.4. The summed E-state index contributed by atoms with van der Waals surface area (Å²) < 4.78 is 22.0. The molecular formula is C17H17ClO3S. The Morgan fingerprint density at radius 1 is 1.00 bits per heavy atom. The maximum atomic E-state index is 12.4. The molecule has 0 spiro atoms. The molecule has 0 radical (unpaired) electrons. The first-order valence-corrected chi connectivity index (χ1v) is 8.94. The smallest absolute Gasteiger partial charge is 0.205 e. The van der Waals surface area contributed by atoms with E-state index in [1.54, 1.807) is 24.3 Å². The fourth-order valence-electron chi connectivity index (χ4n) is 2.11. The van der Waals surface area contributed by atoms with E-state index in [1.807, 2.05) is 30.3 Å². The van der Waals surface area contributed by atoms with Gasteiger partial charge in [-0.1, -0.05) is 73.1 Å². The standard InChI is InChI=1S/C17H17ClO3S/c1-3-22(20,21)17(2,18)16(19)15-11-9-14(10-12-15)13-7-5-4-6-8-13/h4-12H,3H2,1-2H3/t17-/m1/s1. The molecule has 0 aliphatic rings. The molecule has 0 aromatic heterocycles. The van der Waals surface area contributed by atoms with E-state index in [2.05, 4.69) is 0 Å². The third-order valence-electron chi connectivity index (χ3n) is 3.62. The highest BCUT2D eigenvalue weighted by Gasteiger charge is 2.43. The molecule has 22 heavy (non-hydrogen) atoms. The van der Waals surface area contributed by atoms with Gasteiger partial charge < -0.3 is 0 Å². The largest absolute Gasteiger partial charge is 0.291 e. The SMILES string of the molecule is CCS(=O)(=O)[C@@](C)(Cl)C(=O)c1ccc(-c2ccccc2)cc1. The Hall–Kier alpha value is -1.65. The van der Waals surface area contributed by atoms with Gasteiger partial charge in [-0.3, -0.25) is 4.79 Å². The Bertz CT molecular complexity index is 763. The molecule has 0 saturated carbocycles. The fraction of sp³-hybridized carbons (Fsp3) is 0.235. The lowest BCUT2D eigenvalue weighted by Crippen LogP contribution is -2.39. The predicted octanol–water partition coefficient (Wildman–Crippen LogP) is 3.93. The van der Waals surface area contributed by atoms with E-state index in [-0.39, 0.29) is 11.3 Å². The van der Waals surface area contributed by atoms with Gasteiger partial charge in [-0.15, -0.1) is 0 Å². The molecule has 0 bridgehead atoms. The minimum absolute atomic E-state index is 0.180. The first-order valence-electron chi connectivity index (χ1n) is 6.91. The van der Waals surface area contributed by atoms with Gasteiger partial charge in [-0.2, -0.15) is 0 Å². The molecule has 0 heterocycles. The molecule has 2 rings (SSSR count). The van der Waals surface area contributed by atoms with Crippen LogP contribution in [0.4, 0.5) is 0 Å². The molecule has 116 valence electrons. The van der Waals surface area contributed by atoms with Crippen molar-refractivity contribution in [1.82, 2.24) is 0 Å². The van der Waals surface area contributed by atoms with Crippen LogP contribution in [0.2, 0.25) is 0 Å². The molecule has 0 N–H and O–H groups in total. The average molecular weight is 337 g/mol. The van der Waals surface area contributed by atoms with E-state index in [0.717, 1.165) is 11.1 Å². The monoisotopic (exact) mass is 336 g/mol. The molecule has 0 fully saturated rings. The zero-order chi connectivity index (χ0) is 16.4. The normalized spacial score (nSPS) is 14.3. The van der Waals surface area contributed by atoms with Gasteiger partial charge in [0.15, 0.2) is 15.6 Å². The number of carbonyl (C=O) groups is 1. The van der Waals surface area contributed by atoms with Crippen LogP contribution in [0.5, 0.6) is 0 Å². The van der Waals surface area contributed by atoms with Gasteiger partial charge in [-0.25, -0.2) is 8.42 Å². The number of halogens is 1. The number of rotatable bonds is 5. The predicted molar refractivity (Wildman–Crippen MR) is 89.9 cm³/mol. The third kappa shape index (κ3) is 3.08. The van der Waals surface area contributed by atoms with Crippen molar-refractivity contribution in [3.8, 4) is 11.1 Å². The molecule has 1 atom stereocenters. The molecule has 0 unspecified atom stereocenters. The topological polar surface area (TPSA) is 51.2 Å². The second-order valence-electron chi connectivity index (χ2n) is 5.09. The van der Waals surface area contributed by atoms with E-state index in [9.17, 15) is 13.2 Å². The van der Waals surface area contributed by atoms with Crippen molar-refractivity contribution < 1.29 is 13.2 Å². The number of carbonyl (C=O) groups excluding carboxylic acids is 1. The maximum absolute atomic E-state index is 12.4. The summed E-state index contributed by atoms with van der Waals surface area (Å²) in [6.07, 6.45) is 0. The summed E-state index contributed by atoms with van der Waals surface area (Å²) in [6, 6.07) is 16.5. The van der Waals surface area contributed by atoms with Crippen LogP contribution < -0.4 is 0 Å². The van der Waals surface area contributed by atoms with E-state index in [1.165, 1.54) is 13.8 Å². The molecule has 2 aromatic rings. The molecule has 3 nitrogen and oxygen atoms in total. The number of benzene rings is 2. The lowest BCUT2D eigenvalue weighted by molar-refractivity contribution is 0.0978. The van der Waals surface area contributed by atoms with Crippen LogP contribution >= 0.6 is 11.6 Å². The summed E-state index contributed by atoms with van der Waals surface area (Å²) in [5.74, 6) is -0.781. The fourth-order valence-corrected chi connectivity index (χ4v) is 3.49. The van der Waals surface area contributed by atoms with E-state index in [4.69, 9.17) is 11.6 Å². The Labute approximate surface area is 135 Å². The van der Waals surface area contributed by atoms with Gasteiger partial charge in [0, 0.05) is 11.3 Å². The van der Waals surface area contributed by atoms with Crippen molar-refractivity contribution in [2.45, 2.75) is 18.1 Å². The van der Waals surface area contributed by atoms with Crippen LogP contribution in [0.25, 0.3) is 11.1 Å². The molecule has 5 heteroatoms. The van der Waals surface area contributed by atoms with Gasteiger partial charge in [0.05, 0.1) is 0 Å². The summed E-state index contributed by atoms with van der Waals surface area (Å²) in [5, 5.41) is 0. The van der Waals surface area contributed by atoms with Crippen LogP contribution in [0.3, 0.4) is 0 Å². The maximum Gasteiger partial charge on any atom is 0.205 e. The number of Topliss-reactive ketones (excluding diaryl/α,β-unsaturated/α-hetero) is 1. The van der Waals surface area contributed by atoms with Crippen molar-refractivity contribution in [3.05, 3.63) is 60.2 Å². The van der Waals surface area contributed by atoms with Crippen LogP contribution in [-0.2, 0) is 9.84 Å². The molecular weight excluding hydrogens is 320 g/mol. The Morgan fingerprint density at radius 2 is 1.50 bits per heavy atom.